The SMILES string of the molecule is CCSc1ccc2cccnc2c1N. The Balaban J connectivity index is 2.63. The van der Waals surface area contributed by atoms with Crippen molar-refractivity contribution in [2.24, 2.45) is 0 Å². The molecule has 2 aromatic rings. The quantitative estimate of drug-likeness (QED) is 0.604. The maximum atomic E-state index is 6.02. The van der Waals surface area contributed by atoms with E-state index in [4.69, 9.17) is 5.73 Å². The van der Waals surface area contributed by atoms with Gasteiger partial charge in [0.2, 0.25) is 0 Å². The summed E-state index contributed by atoms with van der Waals surface area (Å²) in [5.41, 5.74) is 7.73. The molecule has 0 unspecified atom stereocenters. The van der Waals surface area contributed by atoms with E-state index < -0.39 is 0 Å². The van der Waals surface area contributed by atoms with Gasteiger partial charge in [0.05, 0.1) is 11.2 Å². The van der Waals surface area contributed by atoms with Gasteiger partial charge in [-0.05, 0) is 17.9 Å². The Morgan fingerprint density at radius 3 is 3.00 bits per heavy atom. The molecule has 2 nitrogen and oxygen atoms in total. The first kappa shape index (κ1) is 9.34. The smallest absolute Gasteiger partial charge is 0.0942 e. The van der Waals surface area contributed by atoms with Gasteiger partial charge in [-0.15, -0.1) is 11.8 Å². The van der Waals surface area contributed by atoms with Gasteiger partial charge >= 0.3 is 0 Å². The second kappa shape index (κ2) is 3.88. The van der Waals surface area contributed by atoms with Gasteiger partial charge in [-0.2, -0.15) is 0 Å². The molecule has 0 amide bonds. The number of thioether (sulfide) groups is 1. The van der Waals surface area contributed by atoms with Crippen molar-refractivity contribution in [2.45, 2.75) is 11.8 Å². The van der Waals surface area contributed by atoms with Crippen LogP contribution in [0.15, 0.2) is 35.4 Å². The first-order valence-corrected chi connectivity index (χ1v) is 5.57. The van der Waals surface area contributed by atoms with Crippen LogP contribution < -0.4 is 5.73 Å². The summed E-state index contributed by atoms with van der Waals surface area (Å²) in [6.07, 6.45) is 1.78. The number of aromatic nitrogens is 1. The predicted molar refractivity (Wildman–Crippen MR) is 62.6 cm³/mol. The van der Waals surface area contributed by atoms with E-state index in [-0.39, 0.29) is 0 Å². The van der Waals surface area contributed by atoms with Crippen molar-refractivity contribution in [3.05, 3.63) is 30.5 Å². The van der Waals surface area contributed by atoms with Gasteiger partial charge in [-0.3, -0.25) is 4.98 Å². The Hall–Kier alpha value is -1.22. The van der Waals surface area contributed by atoms with Gasteiger partial charge in [0.25, 0.3) is 0 Å². The summed E-state index contributed by atoms with van der Waals surface area (Å²) in [7, 11) is 0. The monoisotopic (exact) mass is 204 g/mol. The third kappa shape index (κ3) is 1.55. The molecule has 0 aliphatic carbocycles. The highest BCUT2D eigenvalue weighted by atomic mass is 32.2. The number of anilines is 1. The molecule has 0 saturated heterocycles. The van der Waals surface area contributed by atoms with Crippen LogP contribution in [0.1, 0.15) is 6.92 Å². The molecule has 0 atom stereocenters. The fraction of sp³-hybridized carbons (Fsp3) is 0.182. The maximum absolute atomic E-state index is 6.02. The van der Waals surface area contributed by atoms with E-state index in [2.05, 4.69) is 24.0 Å². The van der Waals surface area contributed by atoms with E-state index in [0.29, 0.717) is 0 Å². The summed E-state index contributed by atoms with van der Waals surface area (Å²) in [5, 5.41) is 1.10. The van der Waals surface area contributed by atoms with Crippen molar-refractivity contribution in [3.8, 4) is 0 Å². The molecule has 3 heteroatoms. The van der Waals surface area contributed by atoms with Crippen molar-refractivity contribution >= 4 is 28.4 Å². The molecule has 1 heterocycles. The normalized spacial score (nSPS) is 10.6. The molecule has 2 rings (SSSR count). The molecule has 0 saturated carbocycles. The highest BCUT2D eigenvalue weighted by Crippen LogP contribution is 2.30. The summed E-state index contributed by atoms with van der Waals surface area (Å²) in [6, 6.07) is 8.08. The van der Waals surface area contributed by atoms with Crippen molar-refractivity contribution in [1.82, 2.24) is 4.98 Å². The Bertz CT molecular complexity index is 454. The zero-order valence-electron chi connectivity index (χ0n) is 8.03. The zero-order valence-corrected chi connectivity index (χ0v) is 8.84. The number of hydrogen-bond acceptors (Lipinski definition) is 3. The lowest BCUT2D eigenvalue weighted by Gasteiger charge is -2.06. The average Bonchev–Trinajstić information content (AvgIpc) is 2.23. The van der Waals surface area contributed by atoms with Gasteiger partial charge in [0.15, 0.2) is 0 Å². The largest absolute Gasteiger partial charge is 0.396 e. The molecule has 0 radical (unpaired) electrons. The van der Waals surface area contributed by atoms with Crippen molar-refractivity contribution in [3.63, 3.8) is 0 Å². The van der Waals surface area contributed by atoms with E-state index >= 15 is 0 Å². The number of nitrogens with two attached hydrogens (primary N) is 1. The van der Waals surface area contributed by atoms with Gasteiger partial charge in [-0.1, -0.05) is 19.1 Å². The van der Waals surface area contributed by atoms with Crippen LogP contribution in [0, 0.1) is 0 Å². The molecule has 72 valence electrons. The van der Waals surface area contributed by atoms with E-state index in [1.54, 1.807) is 18.0 Å². The Kier molecular flexibility index (Phi) is 2.59. The predicted octanol–water partition coefficient (Wildman–Crippen LogP) is 2.93. The molecule has 0 fully saturated rings. The lowest BCUT2D eigenvalue weighted by Crippen LogP contribution is -1.92. The van der Waals surface area contributed by atoms with E-state index in [1.165, 1.54) is 0 Å². The third-order valence-electron chi connectivity index (χ3n) is 2.07. The molecule has 1 aromatic carbocycles. The van der Waals surface area contributed by atoms with E-state index in [0.717, 1.165) is 27.2 Å². The zero-order chi connectivity index (χ0) is 9.97. The lowest BCUT2D eigenvalue weighted by molar-refractivity contribution is 1.37. The number of hydrogen-bond donors (Lipinski definition) is 1. The number of nitrogen functional groups attached to an aromatic ring is 1. The molecule has 0 bridgehead atoms. The number of nitrogens with zero attached hydrogens (tertiary/aromatic N) is 1. The molecule has 0 aliphatic rings. The second-order valence-corrected chi connectivity index (χ2v) is 4.29. The van der Waals surface area contributed by atoms with Crippen LogP contribution in [0.25, 0.3) is 10.9 Å². The highest BCUT2D eigenvalue weighted by Gasteiger charge is 2.04. The Labute approximate surface area is 87.5 Å². The van der Waals surface area contributed by atoms with E-state index in [1.807, 2.05) is 12.1 Å². The van der Waals surface area contributed by atoms with Crippen molar-refractivity contribution in [2.75, 3.05) is 11.5 Å². The summed E-state index contributed by atoms with van der Waals surface area (Å²) in [5.74, 6) is 1.03. The van der Waals surface area contributed by atoms with Crippen LogP contribution in [-0.2, 0) is 0 Å². The standard InChI is InChI=1S/C11H12N2S/c1-2-14-9-6-5-8-4-3-7-13-11(8)10(9)12/h3-7H,2,12H2,1H3. The van der Waals surface area contributed by atoms with Crippen LogP contribution in [0.2, 0.25) is 0 Å². The first-order valence-electron chi connectivity index (χ1n) is 4.59. The van der Waals surface area contributed by atoms with Gasteiger partial charge < -0.3 is 5.73 Å². The van der Waals surface area contributed by atoms with Gasteiger partial charge in [-0.25, -0.2) is 0 Å². The van der Waals surface area contributed by atoms with Crippen LogP contribution in [0.5, 0.6) is 0 Å². The fourth-order valence-corrected chi connectivity index (χ4v) is 2.16. The van der Waals surface area contributed by atoms with Crippen LogP contribution in [0.3, 0.4) is 0 Å². The van der Waals surface area contributed by atoms with Gasteiger partial charge in [0, 0.05) is 16.5 Å². The summed E-state index contributed by atoms with van der Waals surface area (Å²) in [6.45, 7) is 2.12. The minimum atomic E-state index is 0.801. The lowest BCUT2D eigenvalue weighted by atomic mass is 10.2. The van der Waals surface area contributed by atoms with Crippen molar-refractivity contribution < 1.29 is 0 Å². The number of pyridine rings is 1. The fourth-order valence-electron chi connectivity index (χ4n) is 1.43. The Morgan fingerprint density at radius 1 is 1.36 bits per heavy atom. The van der Waals surface area contributed by atoms with Crippen LogP contribution in [-0.4, -0.2) is 10.7 Å². The molecule has 2 N–H and O–H groups in total. The molecular formula is C11H12N2S. The minimum Gasteiger partial charge on any atom is -0.396 e. The van der Waals surface area contributed by atoms with Crippen LogP contribution in [0.4, 0.5) is 5.69 Å². The third-order valence-corrected chi connectivity index (χ3v) is 3.03. The summed E-state index contributed by atoms with van der Waals surface area (Å²) < 4.78 is 0. The molecule has 0 aliphatic heterocycles. The summed E-state index contributed by atoms with van der Waals surface area (Å²) >= 11 is 1.75. The first-order chi connectivity index (χ1) is 6.83. The maximum Gasteiger partial charge on any atom is 0.0942 e. The molecular weight excluding hydrogens is 192 g/mol. The Morgan fingerprint density at radius 2 is 2.21 bits per heavy atom. The average molecular weight is 204 g/mol. The van der Waals surface area contributed by atoms with Crippen LogP contribution >= 0.6 is 11.8 Å². The summed E-state index contributed by atoms with van der Waals surface area (Å²) in [4.78, 5) is 5.41. The second-order valence-electron chi connectivity index (χ2n) is 2.99. The molecule has 1 aromatic heterocycles. The number of rotatable bonds is 2. The number of benzene rings is 1. The van der Waals surface area contributed by atoms with Crippen molar-refractivity contribution in [1.29, 1.82) is 0 Å². The van der Waals surface area contributed by atoms with Gasteiger partial charge in [0.1, 0.15) is 0 Å². The van der Waals surface area contributed by atoms with E-state index in [9.17, 15) is 0 Å². The molecule has 0 spiro atoms. The molecule has 14 heavy (non-hydrogen) atoms. The topological polar surface area (TPSA) is 38.9 Å². The minimum absolute atomic E-state index is 0.801. The number of fused-ring (bicyclic) bond motifs is 1. The highest BCUT2D eigenvalue weighted by molar-refractivity contribution is 7.99.